The molecule has 1 fully saturated rings. The lowest BCUT2D eigenvalue weighted by Gasteiger charge is -2.26. The number of aliphatic imine (C=N–C) groups is 1. The third kappa shape index (κ3) is 6.90. The lowest BCUT2D eigenvalue weighted by atomic mass is 10.1. The van der Waals surface area contributed by atoms with Crippen LogP contribution in [-0.2, 0) is 16.0 Å². The summed E-state index contributed by atoms with van der Waals surface area (Å²) in [5.41, 5.74) is 1.24. The normalized spacial score (nSPS) is 19.4. The first-order chi connectivity index (χ1) is 14.1. The van der Waals surface area contributed by atoms with Crippen LogP contribution in [0, 0.1) is 0 Å². The van der Waals surface area contributed by atoms with Crippen LogP contribution in [0.1, 0.15) is 12.0 Å². The Hall–Kier alpha value is -2.32. The predicted octanol–water partition coefficient (Wildman–Crippen LogP) is 0.336. The second kappa shape index (κ2) is 11.0. The number of morpholine rings is 1. The van der Waals surface area contributed by atoms with Crippen molar-refractivity contribution in [3.63, 3.8) is 0 Å². The minimum Gasteiger partial charge on any atom is -0.488 e. The molecule has 0 bridgehead atoms. The van der Waals surface area contributed by atoms with Crippen molar-refractivity contribution >= 4 is 11.9 Å². The van der Waals surface area contributed by atoms with Crippen molar-refractivity contribution in [2.24, 2.45) is 4.99 Å². The van der Waals surface area contributed by atoms with Crippen molar-refractivity contribution in [3.05, 3.63) is 29.8 Å². The smallest absolute Gasteiger partial charge is 0.243 e. The Labute approximate surface area is 173 Å². The van der Waals surface area contributed by atoms with Gasteiger partial charge in [-0.25, -0.2) is 4.99 Å². The summed E-state index contributed by atoms with van der Waals surface area (Å²) in [6.07, 6.45) is 1.95. The van der Waals surface area contributed by atoms with Crippen molar-refractivity contribution in [1.29, 1.82) is 0 Å². The second-order valence-corrected chi connectivity index (χ2v) is 7.62. The maximum absolute atomic E-state index is 11.9. The molecule has 1 amide bonds. The van der Waals surface area contributed by atoms with Crippen LogP contribution in [0.15, 0.2) is 29.3 Å². The van der Waals surface area contributed by atoms with Crippen molar-refractivity contribution < 1.29 is 14.3 Å². The Morgan fingerprint density at radius 2 is 2.03 bits per heavy atom. The molecule has 8 heteroatoms. The number of rotatable bonds is 8. The molecule has 1 unspecified atom stereocenters. The zero-order valence-electron chi connectivity index (χ0n) is 17.5. The molecule has 1 aromatic rings. The molecule has 0 saturated carbocycles. The fourth-order valence-electron chi connectivity index (χ4n) is 3.37. The van der Waals surface area contributed by atoms with Gasteiger partial charge in [-0.1, -0.05) is 18.2 Å². The second-order valence-electron chi connectivity index (χ2n) is 7.62. The molecular formula is C21H33N5O3. The van der Waals surface area contributed by atoms with Crippen molar-refractivity contribution in [1.82, 2.24) is 20.4 Å². The highest BCUT2D eigenvalue weighted by Gasteiger charge is 2.22. The maximum atomic E-state index is 11.9. The van der Waals surface area contributed by atoms with Gasteiger partial charge in [-0.2, -0.15) is 0 Å². The summed E-state index contributed by atoms with van der Waals surface area (Å²) in [6.45, 7) is 6.21. The van der Waals surface area contributed by atoms with E-state index >= 15 is 0 Å². The van der Waals surface area contributed by atoms with E-state index in [2.05, 4.69) is 26.6 Å². The van der Waals surface area contributed by atoms with E-state index in [9.17, 15) is 4.79 Å². The quantitative estimate of drug-likeness (QED) is 0.370. The SMILES string of the molecule is CN(C)C(=O)CN=C(NCCCN1CCOCC1)NCC1Cc2ccccc2O1. The van der Waals surface area contributed by atoms with Crippen LogP contribution in [0.3, 0.4) is 0 Å². The number of carbonyl (C=O) groups is 1. The Morgan fingerprint density at radius 1 is 1.24 bits per heavy atom. The molecule has 2 aliphatic rings. The summed E-state index contributed by atoms with van der Waals surface area (Å²) < 4.78 is 11.4. The molecule has 1 atom stereocenters. The van der Waals surface area contributed by atoms with Gasteiger partial charge in [-0.05, 0) is 24.6 Å². The van der Waals surface area contributed by atoms with Crippen molar-refractivity contribution in [2.45, 2.75) is 18.9 Å². The molecule has 2 N–H and O–H groups in total. The van der Waals surface area contributed by atoms with Gasteiger partial charge in [0, 0.05) is 40.2 Å². The number of amides is 1. The van der Waals surface area contributed by atoms with Crippen LogP contribution in [0.5, 0.6) is 5.75 Å². The van der Waals surface area contributed by atoms with Crippen LogP contribution in [0.2, 0.25) is 0 Å². The number of ether oxygens (including phenoxy) is 2. The minimum atomic E-state index is -0.0241. The standard InChI is InChI=1S/C21H33N5O3/c1-25(2)20(27)16-24-21(22-8-5-9-26-10-12-28-13-11-26)23-15-18-14-17-6-3-4-7-19(17)29-18/h3-4,6-7,18H,5,8-16H2,1-2H3,(H2,22,23,24). The topological polar surface area (TPSA) is 78.4 Å². The molecule has 0 aliphatic carbocycles. The molecule has 8 nitrogen and oxygen atoms in total. The number of guanidine groups is 1. The first-order valence-corrected chi connectivity index (χ1v) is 10.4. The molecule has 29 heavy (non-hydrogen) atoms. The molecular weight excluding hydrogens is 370 g/mol. The molecule has 160 valence electrons. The zero-order chi connectivity index (χ0) is 20.5. The van der Waals surface area contributed by atoms with Gasteiger partial charge in [0.2, 0.25) is 5.91 Å². The molecule has 1 aromatic carbocycles. The van der Waals surface area contributed by atoms with Gasteiger partial charge in [-0.3, -0.25) is 9.69 Å². The van der Waals surface area contributed by atoms with Gasteiger partial charge < -0.3 is 25.0 Å². The van der Waals surface area contributed by atoms with Crippen molar-refractivity contribution in [3.8, 4) is 5.75 Å². The zero-order valence-corrected chi connectivity index (χ0v) is 17.5. The van der Waals surface area contributed by atoms with E-state index < -0.39 is 0 Å². The molecule has 0 spiro atoms. The fraction of sp³-hybridized carbons (Fsp3) is 0.619. The Balaban J connectivity index is 1.45. The van der Waals surface area contributed by atoms with Gasteiger partial charge in [0.25, 0.3) is 0 Å². The number of nitrogens with one attached hydrogen (secondary N) is 2. The maximum Gasteiger partial charge on any atom is 0.243 e. The number of hydrogen-bond donors (Lipinski definition) is 2. The van der Waals surface area contributed by atoms with E-state index in [4.69, 9.17) is 9.47 Å². The van der Waals surface area contributed by atoms with Crippen molar-refractivity contribution in [2.75, 3.05) is 66.6 Å². The van der Waals surface area contributed by atoms with Crippen LogP contribution >= 0.6 is 0 Å². The highest BCUT2D eigenvalue weighted by Crippen LogP contribution is 2.27. The summed E-state index contributed by atoms with van der Waals surface area (Å²) in [5, 5.41) is 6.69. The Kier molecular flexibility index (Phi) is 8.13. The third-order valence-corrected chi connectivity index (χ3v) is 5.13. The lowest BCUT2D eigenvalue weighted by molar-refractivity contribution is -0.127. The van der Waals surface area contributed by atoms with E-state index in [1.807, 2.05) is 18.2 Å². The average Bonchev–Trinajstić information content (AvgIpc) is 3.16. The van der Waals surface area contributed by atoms with Gasteiger partial charge in [0.15, 0.2) is 5.96 Å². The van der Waals surface area contributed by atoms with E-state index in [1.165, 1.54) is 5.56 Å². The number of carbonyl (C=O) groups excluding carboxylic acids is 1. The van der Waals surface area contributed by atoms with Crippen LogP contribution in [-0.4, -0.2) is 94.3 Å². The van der Waals surface area contributed by atoms with Gasteiger partial charge in [0.1, 0.15) is 18.4 Å². The van der Waals surface area contributed by atoms with Gasteiger partial charge >= 0.3 is 0 Å². The molecule has 1 saturated heterocycles. The highest BCUT2D eigenvalue weighted by molar-refractivity contribution is 5.84. The Morgan fingerprint density at radius 3 is 2.79 bits per heavy atom. The number of fused-ring (bicyclic) bond motifs is 1. The summed E-state index contributed by atoms with van der Waals surface area (Å²) in [4.78, 5) is 20.3. The highest BCUT2D eigenvalue weighted by atomic mass is 16.5. The van der Waals surface area contributed by atoms with E-state index in [0.29, 0.717) is 12.5 Å². The first kappa shape index (κ1) is 21.4. The predicted molar refractivity (Wildman–Crippen MR) is 113 cm³/mol. The number of benzene rings is 1. The largest absolute Gasteiger partial charge is 0.488 e. The third-order valence-electron chi connectivity index (χ3n) is 5.13. The number of likely N-dealkylation sites (N-methyl/N-ethyl adjacent to an activating group) is 1. The lowest BCUT2D eigenvalue weighted by Crippen LogP contribution is -2.44. The molecule has 2 aliphatic heterocycles. The summed E-state index contributed by atoms with van der Waals surface area (Å²) in [6, 6.07) is 8.13. The Bertz CT molecular complexity index is 664. The van der Waals surface area contributed by atoms with E-state index in [-0.39, 0.29) is 18.6 Å². The monoisotopic (exact) mass is 403 g/mol. The van der Waals surface area contributed by atoms with Crippen LogP contribution < -0.4 is 15.4 Å². The summed E-state index contributed by atoms with van der Waals surface area (Å²) in [7, 11) is 3.48. The first-order valence-electron chi connectivity index (χ1n) is 10.4. The summed E-state index contributed by atoms with van der Waals surface area (Å²) in [5.74, 6) is 1.59. The average molecular weight is 404 g/mol. The molecule has 3 rings (SSSR count). The van der Waals surface area contributed by atoms with Crippen LogP contribution in [0.4, 0.5) is 0 Å². The number of hydrogen-bond acceptors (Lipinski definition) is 5. The van der Waals surface area contributed by atoms with Gasteiger partial charge in [0.05, 0.1) is 19.8 Å². The van der Waals surface area contributed by atoms with E-state index in [0.717, 1.165) is 58.0 Å². The number of nitrogens with zero attached hydrogens (tertiary/aromatic N) is 3. The molecule has 0 aromatic heterocycles. The summed E-state index contributed by atoms with van der Waals surface area (Å²) >= 11 is 0. The molecule has 0 radical (unpaired) electrons. The van der Waals surface area contributed by atoms with Crippen LogP contribution in [0.25, 0.3) is 0 Å². The minimum absolute atomic E-state index is 0.0241. The van der Waals surface area contributed by atoms with Gasteiger partial charge in [-0.15, -0.1) is 0 Å². The fourth-order valence-corrected chi connectivity index (χ4v) is 3.37. The van der Waals surface area contributed by atoms with E-state index in [1.54, 1.807) is 19.0 Å². The number of para-hydroxylation sites is 1. The molecule has 2 heterocycles.